The molecule has 0 fully saturated rings. The van der Waals surface area contributed by atoms with E-state index < -0.39 is 4.92 Å². The first-order valence-electron chi connectivity index (χ1n) is 5.83. The van der Waals surface area contributed by atoms with E-state index in [2.05, 4.69) is 10.5 Å². The van der Waals surface area contributed by atoms with Crippen molar-refractivity contribution in [2.75, 3.05) is 0 Å². The minimum atomic E-state index is -0.533. The van der Waals surface area contributed by atoms with Crippen molar-refractivity contribution in [2.45, 2.75) is 19.8 Å². The smallest absolute Gasteiger partial charge is 0.273 e. The average Bonchev–Trinajstić information content (AvgIpc) is 2.39. The maximum Gasteiger partial charge on any atom is 0.288 e. The third-order valence-corrected chi connectivity index (χ3v) is 3.37. The number of carbonyl (C=O) groups is 1. The molecule has 7 heteroatoms. The van der Waals surface area contributed by atoms with Crippen molar-refractivity contribution in [3.05, 3.63) is 38.9 Å². The number of hydrogen-bond acceptors (Lipinski definition) is 4. The van der Waals surface area contributed by atoms with Gasteiger partial charge in [0, 0.05) is 24.0 Å². The summed E-state index contributed by atoms with van der Waals surface area (Å²) in [5, 5.41) is 15.0. The Bertz CT molecular complexity index is 571. The predicted molar refractivity (Wildman–Crippen MR) is 71.2 cm³/mol. The van der Waals surface area contributed by atoms with Crippen molar-refractivity contribution in [2.24, 2.45) is 11.0 Å². The lowest BCUT2D eigenvalue weighted by molar-refractivity contribution is -0.384. The molecule has 1 atom stereocenters. The number of hydrogen-bond donors (Lipinski definition) is 1. The highest BCUT2D eigenvalue weighted by molar-refractivity contribution is 6.32. The molecule has 1 N–H and O–H groups in total. The van der Waals surface area contributed by atoms with Crippen LogP contribution in [0.4, 0.5) is 5.69 Å². The van der Waals surface area contributed by atoms with E-state index in [1.54, 1.807) is 6.07 Å². The zero-order valence-electron chi connectivity index (χ0n) is 10.2. The molecule has 0 spiro atoms. The molecule has 0 bridgehead atoms. The predicted octanol–water partition coefficient (Wildman–Crippen LogP) is 2.50. The number of amides is 1. The van der Waals surface area contributed by atoms with E-state index in [0.29, 0.717) is 17.7 Å². The van der Waals surface area contributed by atoms with Gasteiger partial charge in [0.2, 0.25) is 5.91 Å². The Kier molecular flexibility index (Phi) is 3.80. The number of halogens is 1. The maximum atomic E-state index is 11.3. The van der Waals surface area contributed by atoms with Crippen LogP contribution < -0.4 is 5.43 Å². The Morgan fingerprint density at radius 3 is 2.95 bits per heavy atom. The molecular formula is C12H12ClN3O3. The van der Waals surface area contributed by atoms with Crippen LogP contribution in [0.1, 0.15) is 25.3 Å². The molecular weight excluding hydrogens is 270 g/mol. The molecule has 1 aromatic carbocycles. The van der Waals surface area contributed by atoms with Gasteiger partial charge in [0.1, 0.15) is 5.02 Å². The summed E-state index contributed by atoms with van der Waals surface area (Å²) in [5.41, 5.74) is 3.51. The summed E-state index contributed by atoms with van der Waals surface area (Å²) in [6.45, 7) is 1.95. The van der Waals surface area contributed by atoms with Crippen molar-refractivity contribution < 1.29 is 9.72 Å². The van der Waals surface area contributed by atoms with Gasteiger partial charge in [0.25, 0.3) is 5.69 Å². The first-order chi connectivity index (χ1) is 9.02. The van der Waals surface area contributed by atoms with Crippen LogP contribution in [0.5, 0.6) is 0 Å². The molecule has 0 radical (unpaired) electrons. The Balaban J connectivity index is 2.43. The highest BCUT2D eigenvalue weighted by Crippen LogP contribution is 2.28. The van der Waals surface area contributed by atoms with Crippen molar-refractivity contribution in [1.82, 2.24) is 5.43 Å². The summed E-state index contributed by atoms with van der Waals surface area (Å²) in [6, 6.07) is 4.54. The molecule has 1 aromatic rings. The van der Waals surface area contributed by atoms with E-state index in [1.807, 2.05) is 6.92 Å². The number of rotatable bonds is 3. The summed E-state index contributed by atoms with van der Waals surface area (Å²) in [7, 11) is 0. The third-order valence-electron chi connectivity index (χ3n) is 3.05. The number of nitro benzene ring substituents is 1. The molecule has 0 saturated heterocycles. The highest BCUT2D eigenvalue weighted by atomic mass is 35.5. The maximum absolute atomic E-state index is 11.3. The number of hydrazone groups is 1. The minimum Gasteiger partial charge on any atom is -0.273 e. The van der Waals surface area contributed by atoms with Crippen molar-refractivity contribution in [3.8, 4) is 0 Å². The quantitative estimate of drug-likeness (QED) is 0.682. The molecule has 0 aromatic heterocycles. The van der Waals surface area contributed by atoms with E-state index in [9.17, 15) is 14.9 Å². The molecule has 1 aliphatic rings. The van der Waals surface area contributed by atoms with Crippen LogP contribution >= 0.6 is 11.6 Å². The van der Waals surface area contributed by atoms with Crippen LogP contribution in [-0.4, -0.2) is 16.5 Å². The fourth-order valence-corrected chi connectivity index (χ4v) is 2.22. The monoisotopic (exact) mass is 281 g/mol. The van der Waals surface area contributed by atoms with E-state index in [4.69, 9.17) is 11.6 Å². The molecule has 2 rings (SSSR count). The number of nitrogens with zero attached hydrogens (tertiary/aromatic N) is 2. The van der Waals surface area contributed by atoms with Gasteiger partial charge in [-0.2, -0.15) is 5.10 Å². The van der Waals surface area contributed by atoms with Gasteiger partial charge in [-0.1, -0.05) is 24.6 Å². The molecule has 19 heavy (non-hydrogen) atoms. The number of nitrogens with one attached hydrogen (secondary N) is 1. The van der Waals surface area contributed by atoms with Crippen LogP contribution in [0.25, 0.3) is 0 Å². The topological polar surface area (TPSA) is 84.6 Å². The van der Waals surface area contributed by atoms with E-state index in [0.717, 1.165) is 6.42 Å². The molecule has 0 saturated carbocycles. The van der Waals surface area contributed by atoms with Gasteiger partial charge in [-0.25, -0.2) is 5.43 Å². The van der Waals surface area contributed by atoms with Gasteiger partial charge in [-0.3, -0.25) is 14.9 Å². The Morgan fingerprint density at radius 1 is 1.58 bits per heavy atom. The average molecular weight is 282 g/mol. The van der Waals surface area contributed by atoms with Gasteiger partial charge in [-0.15, -0.1) is 0 Å². The van der Waals surface area contributed by atoms with Gasteiger partial charge in [-0.05, 0) is 12.5 Å². The lowest BCUT2D eigenvalue weighted by Gasteiger charge is -2.21. The second-order valence-corrected chi connectivity index (χ2v) is 4.67. The minimum absolute atomic E-state index is 0.0328. The zero-order chi connectivity index (χ0) is 14.0. The van der Waals surface area contributed by atoms with Gasteiger partial charge in [0.15, 0.2) is 0 Å². The molecule has 1 amide bonds. The summed E-state index contributed by atoms with van der Waals surface area (Å²) in [5.74, 6) is -0.173. The second kappa shape index (κ2) is 5.36. The van der Waals surface area contributed by atoms with E-state index in [-0.39, 0.29) is 22.5 Å². The van der Waals surface area contributed by atoms with E-state index in [1.165, 1.54) is 12.1 Å². The second-order valence-electron chi connectivity index (χ2n) is 4.26. The first kappa shape index (κ1) is 13.5. The summed E-state index contributed by atoms with van der Waals surface area (Å²) in [6.07, 6.45) is 1.08. The van der Waals surface area contributed by atoms with Gasteiger partial charge in [0.05, 0.1) is 10.6 Å². The van der Waals surface area contributed by atoms with Crippen LogP contribution in [0.3, 0.4) is 0 Å². The lowest BCUT2D eigenvalue weighted by atomic mass is 9.90. The van der Waals surface area contributed by atoms with E-state index >= 15 is 0 Å². The standard InChI is InChI=1S/C12H12ClN3O3/c1-2-7-6-11(17)14-15-12(7)8-3-4-9(13)10(5-8)16(18)19/h3-5,7H,2,6H2,1H3,(H,14,17). The lowest BCUT2D eigenvalue weighted by Crippen LogP contribution is -2.33. The van der Waals surface area contributed by atoms with Crippen LogP contribution in [0.2, 0.25) is 5.02 Å². The first-order valence-corrected chi connectivity index (χ1v) is 6.21. The third kappa shape index (κ3) is 2.73. The molecule has 100 valence electrons. The summed E-state index contributed by atoms with van der Waals surface area (Å²) < 4.78 is 0. The molecule has 6 nitrogen and oxygen atoms in total. The van der Waals surface area contributed by atoms with Gasteiger partial charge < -0.3 is 0 Å². The molecule has 1 unspecified atom stereocenters. The Hall–Kier alpha value is -1.95. The van der Waals surface area contributed by atoms with Crippen LogP contribution in [0.15, 0.2) is 23.3 Å². The largest absolute Gasteiger partial charge is 0.288 e. The Morgan fingerprint density at radius 2 is 2.32 bits per heavy atom. The normalized spacial score (nSPS) is 18.7. The van der Waals surface area contributed by atoms with Crippen LogP contribution in [-0.2, 0) is 4.79 Å². The van der Waals surface area contributed by atoms with Crippen molar-refractivity contribution in [1.29, 1.82) is 0 Å². The SMILES string of the molecule is CCC1CC(=O)NN=C1c1ccc(Cl)c([N+](=O)[O-])c1. The molecule has 0 aliphatic carbocycles. The fraction of sp³-hybridized carbons (Fsp3) is 0.333. The Labute approximate surface area is 114 Å². The van der Waals surface area contributed by atoms with Crippen LogP contribution in [0, 0.1) is 16.0 Å². The van der Waals surface area contributed by atoms with Crippen molar-refractivity contribution in [3.63, 3.8) is 0 Å². The number of benzene rings is 1. The van der Waals surface area contributed by atoms with Crippen molar-refractivity contribution >= 4 is 28.9 Å². The fourth-order valence-electron chi connectivity index (χ4n) is 2.03. The summed E-state index contributed by atoms with van der Waals surface area (Å²) in [4.78, 5) is 21.6. The molecule has 1 heterocycles. The number of carbonyl (C=O) groups excluding carboxylic acids is 1. The van der Waals surface area contributed by atoms with Gasteiger partial charge >= 0.3 is 0 Å². The highest BCUT2D eigenvalue weighted by Gasteiger charge is 2.25. The summed E-state index contributed by atoms with van der Waals surface area (Å²) >= 11 is 5.77. The zero-order valence-corrected chi connectivity index (χ0v) is 11.0. The number of nitro groups is 1. The molecule has 1 aliphatic heterocycles.